The van der Waals surface area contributed by atoms with Crippen LogP contribution in [-0.2, 0) is 67.8 Å². The summed E-state index contributed by atoms with van der Waals surface area (Å²) in [5.41, 5.74) is 1.47. The molecular weight excluding hydrogens is 958 g/mol. The van der Waals surface area contributed by atoms with E-state index in [1.54, 1.807) is 39.1 Å². The maximum Gasteiger partial charge on any atom is 0.409 e. The lowest BCUT2D eigenvalue weighted by molar-refractivity contribution is -0.162. The lowest BCUT2D eigenvalue weighted by atomic mass is 9.83. The quantitative estimate of drug-likeness (QED) is 0.0933. The van der Waals surface area contributed by atoms with Gasteiger partial charge in [0.1, 0.15) is 35.7 Å². The molecule has 6 rings (SSSR count). The van der Waals surface area contributed by atoms with E-state index < -0.39 is 112 Å². The highest BCUT2D eigenvalue weighted by atomic mass is 35.5. The van der Waals surface area contributed by atoms with Crippen molar-refractivity contribution in [1.82, 2.24) is 19.7 Å². The molecule has 4 heterocycles. The van der Waals surface area contributed by atoms with E-state index in [4.69, 9.17) is 30.5 Å². The highest BCUT2D eigenvalue weighted by molar-refractivity contribution is 7.85. The van der Waals surface area contributed by atoms with Gasteiger partial charge in [-0.1, -0.05) is 73.5 Å². The van der Waals surface area contributed by atoms with Crippen LogP contribution in [0, 0.1) is 18.8 Å². The largest absolute Gasteiger partial charge is 0.457 e. The molecule has 0 spiro atoms. The van der Waals surface area contributed by atoms with Crippen molar-refractivity contribution in [3.8, 4) is 0 Å². The van der Waals surface area contributed by atoms with E-state index in [9.17, 15) is 42.0 Å². The number of epoxide rings is 1. The van der Waals surface area contributed by atoms with Crippen molar-refractivity contribution in [3.63, 3.8) is 0 Å². The molecule has 71 heavy (non-hydrogen) atoms. The number of esters is 1. The summed E-state index contributed by atoms with van der Waals surface area (Å²) in [6.45, 7) is 12.2. The first kappa shape index (κ1) is 55.2. The van der Waals surface area contributed by atoms with Gasteiger partial charge in [-0.3, -0.25) is 24.3 Å². The van der Waals surface area contributed by atoms with Crippen LogP contribution in [0.4, 0.5) is 10.5 Å². The second-order valence-corrected chi connectivity index (χ2v) is 21.5. The summed E-state index contributed by atoms with van der Waals surface area (Å²) in [5.74, 6) is -6.12. The van der Waals surface area contributed by atoms with E-state index in [-0.39, 0.29) is 19.4 Å². The maximum absolute atomic E-state index is 14.4. The van der Waals surface area contributed by atoms with Gasteiger partial charge >= 0.3 is 12.1 Å². The summed E-state index contributed by atoms with van der Waals surface area (Å²) in [6.07, 6.45) is -0.461. The van der Waals surface area contributed by atoms with Gasteiger partial charge in [0.15, 0.2) is 5.72 Å². The predicted octanol–water partition coefficient (Wildman–Crippen LogP) is 5.77. The Kier molecular flexibility index (Phi) is 17.3. The molecule has 388 valence electrons. The van der Waals surface area contributed by atoms with E-state index in [1.165, 1.54) is 26.0 Å². The number of hydrogen-bond donors (Lipinski definition) is 3. The zero-order valence-electron chi connectivity index (χ0n) is 42.1. The van der Waals surface area contributed by atoms with Gasteiger partial charge in [0.25, 0.3) is 10.1 Å². The van der Waals surface area contributed by atoms with Crippen LogP contribution in [-0.4, -0.2) is 144 Å². The number of carbonyl (C=O) groups excluding carboxylic acids is 5. The number of para-hydroxylation sites is 1. The van der Waals surface area contributed by atoms with Crippen molar-refractivity contribution in [2.45, 2.75) is 129 Å². The average molecular weight is 1030 g/mol. The zero-order chi connectivity index (χ0) is 52.3. The first-order valence-electron chi connectivity index (χ1n) is 23.8. The third-order valence-corrected chi connectivity index (χ3v) is 15.5. The molecule has 1 aromatic heterocycles. The minimum Gasteiger partial charge on any atom is -0.457 e. The molecule has 2 saturated heterocycles. The molecule has 20 heteroatoms. The van der Waals surface area contributed by atoms with Gasteiger partial charge in [-0.25, -0.2) is 9.59 Å². The first-order chi connectivity index (χ1) is 33.3. The number of nitrogens with zero attached hydrogens (tertiary/aromatic N) is 4. The van der Waals surface area contributed by atoms with Crippen molar-refractivity contribution in [2.75, 3.05) is 45.5 Å². The molecule has 4 bridgehead atoms. The number of carbonyl (C=O) groups is 5. The molecule has 2 unspecified atom stereocenters. The highest BCUT2D eigenvalue weighted by Gasteiger charge is 2.64. The van der Waals surface area contributed by atoms with Gasteiger partial charge in [-0.05, 0) is 82.4 Å². The number of halogens is 1. The number of fused-ring (bicyclic) bond motifs is 6. The maximum atomic E-state index is 14.4. The number of aromatic nitrogens is 1. The van der Waals surface area contributed by atoms with Crippen LogP contribution in [0.5, 0.6) is 0 Å². The molecule has 18 nitrogen and oxygen atoms in total. The number of rotatable bonds is 15. The number of allylic oxidation sites excluding steroid dienone is 3. The summed E-state index contributed by atoms with van der Waals surface area (Å²) >= 11 is 6.83. The number of aliphatic hydroxyl groups is 1. The molecule has 9 atom stereocenters. The SMILES string of the molecule is CCN(C)Cc1cc2ccccc2n1CCC(=O)CC(CS(=O)(=O)O)C(=O)N(C)[C@@H](C)C(=O)O[C@H]1CC(=O)N(C)c2cc(cc(C)c2Cl)C/C(C)=C/C=C/[C@@H](OC)[C@]2(O)C[C@H](OC(=O)N2)[C@@H](C)C2O[C@]21C. The number of likely N-dealkylation sites (N-methyl/N-ethyl adjacent to an activating group) is 1. The van der Waals surface area contributed by atoms with Crippen molar-refractivity contribution in [2.24, 2.45) is 11.8 Å². The van der Waals surface area contributed by atoms with Gasteiger partial charge < -0.3 is 43.3 Å². The van der Waals surface area contributed by atoms with Gasteiger partial charge in [-0.2, -0.15) is 8.42 Å². The van der Waals surface area contributed by atoms with Gasteiger partial charge in [0, 0.05) is 70.7 Å². The summed E-state index contributed by atoms with van der Waals surface area (Å²) in [5, 5.41) is 15.7. The van der Waals surface area contributed by atoms with Crippen LogP contribution in [0.15, 0.2) is 66.3 Å². The van der Waals surface area contributed by atoms with Crippen molar-refractivity contribution in [3.05, 3.63) is 88.1 Å². The molecular formula is C51H68ClN5O13S. The Bertz CT molecular complexity index is 2690. The van der Waals surface area contributed by atoms with Gasteiger partial charge in [0.05, 0.1) is 34.9 Å². The van der Waals surface area contributed by atoms with Gasteiger partial charge in [-0.15, -0.1) is 0 Å². The van der Waals surface area contributed by atoms with E-state index in [1.807, 2.05) is 68.8 Å². The molecule has 2 fully saturated rings. The number of amides is 3. The Balaban J connectivity index is 1.25. The second-order valence-electron chi connectivity index (χ2n) is 19.6. The van der Waals surface area contributed by atoms with E-state index in [2.05, 4.69) is 16.3 Å². The van der Waals surface area contributed by atoms with Crippen LogP contribution in [0.3, 0.4) is 0 Å². The fraction of sp³-hybridized carbons (Fsp3) is 0.549. The molecule has 0 radical (unpaired) electrons. The van der Waals surface area contributed by atoms with E-state index in [0.717, 1.165) is 39.2 Å². The normalized spacial score (nSPS) is 27.2. The minimum absolute atomic E-state index is 0.0496. The molecule has 3 aromatic rings. The van der Waals surface area contributed by atoms with Crippen LogP contribution in [0.2, 0.25) is 5.02 Å². The number of nitrogens with one attached hydrogen (secondary N) is 1. The molecule has 3 N–H and O–H groups in total. The molecule has 0 aliphatic carbocycles. The number of ketones is 1. The van der Waals surface area contributed by atoms with E-state index in [0.29, 0.717) is 29.2 Å². The van der Waals surface area contributed by atoms with Gasteiger partial charge in [0.2, 0.25) is 11.8 Å². The second kappa shape index (κ2) is 22.3. The number of hydrogen-bond acceptors (Lipinski definition) is 13. The molecule has 3 amide bonds. The molecule has 0 saturated carbocycles. The predicted molar refractivity (Wildman–Crippen MR) is 267 cm³/mol. The summed E-state index contributed by atoms with van der Waals surface area (Å²) in [6, 6.07) is 12.1. The van der Waals surface area contributed by atoms with Crippen molar-refractivity contribution in [1.29, 1.82) is 0 Å². The number of Topliss-reactive ketones (excluding diaryl/α,β-unsaturated/α-hetero) is 1. The summed E-state index contributed by atoms with van der Waals surface area (Å²) in [7, 11) is 1.40. The smallest absolute Gasteiger partial charge is 0.409 e. The number of ether oxygens (including phenoxy) is 4. The number of anilines is 1. The lowest BCUT2D eigenvalue weighted by Crippen LogP contribution is -2.63. The Morgan fingerprint density at radius 3 is 2.49 bits per heavy atom. The van der Waals surface area contributed by atoms with E-state index >= 15 is 0 Å². The zero-order valence-corrected chi connectivity index (χ0v) is 43.7. The molecule has 3 aliphatic heterocycles. The fourth-order valence-corrected chi connectivity index (χ4v) is 10.7. The third kappa shape index (κ3) is 12.9. The van der Waals surface area contributed by atoms with Crippen molar-refractivity contribution < 1.29 is 61.0 Å². The first-order valence-corrected chi connectivity index (χ1v) is 25.8. The van der Waals surface area contributed by atoms with Crippen LogP contribution in [0.25, 0.3) is 10.9 Å². The van der Waals surface area contributed by atoms with Crippen molar-refractivity contribution >= 4 is 68.0 Å². The Labute approximate surface area is 421 Å². The van der Waals surface area contributed by atoms with Crippen LogP contribution < -0.4 is 10.2 Å². The number of aryl methyl sites for hydroxylation is 2. The molecule has 2 aromatic carbocycles. The lowest BCUT2D eigenvalue weighted by Gasteiger charge is -2.42. The van der Waals surface area contributed by atoms with Crippen LogP contribution >= 0.6 is 11.6 Å². The average Bonchev–Trinajstić information content (AvgIpc) is 3.88. The number of benzene rings is 2. The summed E-state index contributed by atoms with van der Waals surface area (Å²) in [4.78, 5) is 74.0. The number of methoxy groups -OCH3 is 1. The standard InChI is InChI=1S/C51H68ClN5O13S/c1-11-54(7)28-37-24-35-16-12-13-17-39(35)57(37)20-19-38(58)25-36(29-71(64,65)66)47(60)55(8)33(5)48(61)69-43-26-44(59)56(9)40-23-34(22-31(3)45(40)52)21-30(2)15-14-18-42(67-10)51(63)27-41(68-49(62)53-51)32(4)46-50(43,6)70-46/h12-18,22-24,32-33,36,41-43,46,63H,11,19-21,25-29H2,1-10H3,(H,53,62)(H,64,65,66)/b18-14+,30-15+/t32-,33+,36?,41+,42-,43+,46?,50+,51-/m1/s1. The van der Waals surface area contributed by atoms with Crippen LogP contribution in [0.1, 0.15) is 77.1 Å². The molecule has 3 aliphatic rings. The minimum atomic E-state index is -4.79. The Morgan fingerprint density at radius 1 is 1.11 bits per heavy atom. The number of alkyl carbamates (subject to hydrolysis) is 1. The Hall–Kier alpha value is -5.15. The summed E-state index contributed by atoms with van der Waals surface area (Å²) < 4.78 is 60.5. The topological polar surface area (TPSA) is 227 Å². The fourth-order valence-electron chi connectivity index (χ4n) is 9.65. The third-order valence-electron chi connectivity index (χ3n) is 14.2. The monoisotopic (exact) mass is 1030 g/mol. The Morgan fingerprint density at radius 2 is 1.82 bits per heavy atom. The highest BCUT2D eigenvalue weighted by Crippen LogP contribution is 2.49.